The molecule has 1 aromatic rings. The van der Waals surface area contributed by atoms with Crippen molar-refractivity contribution in [2.75, 3.05) is 45.6 Å². The average molecular weight is 438 g/mol. The average Bonchev–Trinajstić information content (AvgIpc) is 2.71. The molecule has 1 aromatic carbocycles. The third-order valence-corrected chi connectivity index (χ3v) is 6.70. The zero-order valence-corrected chi connectivity index (χ0v) is 18.8. The van der Waals surface area contributed by atoms with E-state index in [0.717, 1.165) is 44.4 Å². The van der Waals surface area contributed by atoms with E-state index in [4.69, 9.17) is 4.74 Å². The first-order valence-electron chi connectivity index (χ1n) is 11.1. The van der Waals surface area contributed by atoms with E-state index in [2.05, 4.69) is 27.8 Å². The first kappa shape index (κ1) is 23.0. The van der Waals surface area contributed by atoms with Crippen LogP contribution in [-0.2, 0) is 21.2 Å². The minimum atomic E-state index is -3.28. The van der Waals surface area contributed by atoms with Crippen molar-refractivity contribution in [3.63, 3.8) is 0 Å². The summed E-state index contributed by atoms with van der Waals surface area (Å²) in [7, 11) is -3.28. The Labute approximate surface area is 180 Å². The molecule has 1 N–H and O–H groups in total. The number of amides is 1. The van der Waals surface area contributed by atoms with Crippen LogP contribution in [0.3, 0.4) is 0 Å². The molecule has 0 saturated carbocycles. The van der Waals surface area contributed by atoms with Crippen LogP contribution in [0.5, 0.6) is 5.75 Å². The Morgan fingerprint density at radius 3 is 2.83 bits per heavy atom. The zero-order valence-electron chi connectivity index (χ0n) is 18.0. The summed E-state index contributed by atoms with van der Waals surface area (Å²) in [6.07, 6.45) is 7.90. The van der Waals surface area contributed by atoms with Crippen LogP contribution in [0.2, 0.25) is 0 Å². The van der Waals surface area contributed by atoms with E-state index in [-0.39, 0.29) is 18.9 Å². The number of fused-ring (bicyclic) bond motifs is 3. The summed E-state index contributed by atoms with van der Waals surface area (Å²) >= 11 is 0. The maximum Gasteiger partial charge on any atom is 0.223 e. The standard InChI is InChI=1S/C22H35N3O4S/c1-30(27,28)23-12-11-22(26)25-14-5-17-29-21-8-4-6-19(18-21)9-10-20-7-2-3-13-24(20)15-16-25/h4,6,8,18,20,23H,2-3,5,7,9-17H2,1H3. The van der Waals surface area contributed by atoms with Crippen LogP contribution in [-0.4, -0.2) is 75.8 Å². The number of carbonyl (C=O) groups is 1. The highest BCUT2D eigenvalue weighted by Gasteiger charge is 2.24. The maximum absolute atomic E-state index is 12.8. The third kappa shape index (κ3) is 7.56. The lowest BCUT2D eigenvalue weighted by atomic mass is 9.95. The molecular formula is C22H35N3O4S. The number of hydrogen-bond donors (Lipinski definition) is 1. The molecular weight excluding hydrogens is 402 g/mol. The topological polar surface area (TPSA) is 79.0 Å². The van der Waals surface area contributed by atoms with Gasteiger partial charge in [-0.15, -0.1) is 0 Å². The van der Waals surface area contributed by atoms with E-state index in [1.54, 1.807) is 0 Å². The van der Waals surface area contributed by atoms with Gasteiger partial charge in [0.1, 0.15) is 5.75 Å². The number of ether oxygens (including phenoxy) is 1. The Kier molecular flexibility index (Phi) is 8.53. The number of hydrogen-bond acceptors (Lipinski definition) is 5. The number of rotatable bonds is 4. The molecule has 8 heteroatoms. The molecule has 2 aliphatic heterocycles. The van der Waals surface area contributed by atoms with Crippen LogP contribution in [0.4, 0.5) is 0 Å². The van der Waals surface area contributed by atoms with Gasteiger partial charge in [-0.3, -0.25) is 9.69 Å². The van der Waals surface area contributed by atoms with Crippen LogP contribution in [0.15, 0.2) is 24.3 Å². The van der Waals surface area contributed by atoms with Gasteiger partial charge in [0.15, 0.2) is 0 Å². The van der Waals surface area contributed by atoms with E-state index in [1.807, 2.05) is 11.0 Å². The highest BCUT2D eigenvalue weighted by molar-refractivity contribution is 7.88. The first-order valence-corrected chi connectivity index (χ1v) is 13.0. The second-order valence-electron chi connectivity index (χ2n) is 8.37. The Morgan fingerprint density at radius 1 is 1.13 bits per heavy atom. The van der Waals surface area contributed by atoms with Gasteiger partial charge in [0.2, 0.25) is 15.9 Å². The highest BCUT2D eigenvalue weighted by atomic mass is 32.2. The van der Waals surface area contributed by atoms with Crippen molar-refractivity contribution < 1.29 is 17.9 Å². The number of nitrogens with one attached hydrogen (secondary N) is 1. The van der Waals surface area contributed by atoms with E-state index >= 15 is 0 Å². The fourth-order valence-electron chi connectivity index (χ4n) is 4.36. The van der Waals surface area contributed by atoms with E-state index in [9.17, 15) is 13.2 Å². The molecule has 168 valence electrons. The van der Waals surface area contributed by atoms with Crippen molar-refractivity contribution in [1.82, 2.24) is 14.5 Å². The number of nitrogens with zero attached hydrogens (tertiary/aromatic N) is 2. The second kappa shape index (κ2) is 11.1. The Morgan fingerprint density at radius 2 is 2.00 bits per heavy atom. The molecule has 3 rings (SSSR count). The Bertz CT molecular complexity index is 799. The van der Waals surface area contributed by atoms with Gasteiger partial charge in [-0.25, -0.2) is 13.1 Å². The number of aryl methyl sites for hydroxylation is 1. The Hall–Kier alpha value is -1.64. The number of benzene rings is 1. The van der Waals surface area contributed by atoms with Crippen LogP contribution < -0.4 is 9.46 Å². The molecule has 1 atom stereocenters. The van der Waals surface area contributed by atoms with Gasteiger partial charge in [-0.1, -0.05) is 18.6 Å². The SMILES string of the molecule is CS(=O)(=O)NCCC(=O)N1CCCOc2cccc(c2)CCC2CCCCN2CC1. The summed E-state index contributed by atoms with van der Waals surface area (Å²) < 4.78 is 30.9. The van der Waals surface area contributed by atoms with Crippen LogP contribution in [0.1, 0.15) is 44.1 Å². The molecule has 1 fully saturated rings. The van der Waals surface area contributed by atoms with Crippen molar-refractivity contribution in [3.8, 4) is 5.75 Å². The van der Waals surface area contributed by atoms with Gasteiger partial charge in [-0.05, 0) is 56.3 Å². The first-order chi connectivity index (χ1) is 14.4. The summed E-state index contributed by atoms with van der Waals surface area (Å²) in [5.41, 5.74) is 1.32. The van der Waals surface area contributed by atoms with Crippen LogP contribution >= 0.6 is 0 Å². The van der Waals surface area contributed by atoms with E-state index in [0.29, 0.717) is 25.7 Å². The highest BCUT2D eigenvalue weighted by Crippen LogP contribution is 2.23. The minimum Gasteiger partial charge on any atom is -0.494 e. The summed E-state index contributed by atoms with van der Waals surface area (Å²) in [5, 5.41) is 0. The van der Waals surface area contributed by atoms with E-state index in [1.165, 1.54) is 24.8 Å². The summed E-state index contributed by atoms with van der Waals surface area (Å²) in [6.45, 7) is 3.96. The van der Waals surface area contributed by atoms with Gasteiger partial charge in [0.25, 0.3) is 0 Å². The molecule has 0 aliphatic carbocycles. The normalized spacial score (nSPS) is 21.9. The van der Waals surface area contributed by atoms with Gasteiger partial charge in [0, 0.05) is 38.6 Å². The number of carbonyl (C=O) groups excluding carboxylic acids is 1. The molecule has 0 aromatic heterocycles. The van der Waals surface area contributed by atoms with Crippen molar-refractivity contribution in [2.24, 2.45) is 0 Å². The molecule has 2 aliphatic rings. The zero-order chi connectivity index (χ0) is 21.4. The van der Waals surface area contributed by atoms with Gasteiger partial charge in [-0.2, -0.15) is 0 Å². The molecule has 7 nitrogen and oxygen atoms in total. The molecule has 1 saturated heterocycles. The smallest absolute Gasteiger partial charge is 0.223 e. The van der Waals surface area contributed by atoms with Crippen molar-refractivity contribution in [1.29, 1.82) is 0 Å². The lowest BCUT2D eigenvalue weighted by Crippen LogP contribution is -2.46. The molecule has 1 amide bonds. The lowest BCUT2D eigenvalue weighted by Gasteiger charge is -2.37. The van der Waals surface area contributed by atoms with Crippen LogP contribution in [0, 0.1) is 0 Å². The van der Waals surface area contributed by atoms with E-state index < -0.39 is 10.0 Å². The largest absolute Gasteiger partial charge is 0.494 e. The number of sulfonamides is 1. The summed E-state index contributed by atoms with van der Waals surface area (Å²) in [4.78, 5) is 17.2. The van der Waals surface area contributed by atoms with Crippen LogP contribution in [0.25, 0.3) is 0 Å². The fraction of sp³-hybridized carbons (Fsp3) is 0.682. The maximum atomic E-state index is 12.8. The van der Waals surface area contributed by atoms with Gasteiger partial charge in [0.05, 0.1) is 12.9 Å². The molecule has 0 spiro atoms. The van der Waals surface area contributed by atoms with Gasteiger partial charge < -0.3 is 9.64 Å². The van der Waals surface area contributed by atoms with Crippen molar-refractivity contribution >= 4 is 15.9 Å². The molecule has 2 bridgehead atoms. The lowest BCUT2D eigenvalue weighted by molar-refractivity contribution is -0.131. The number of piperidine rings is 1. The predicted octanol–water partition coefficient (Wildman–Crippen LogP) is 2.02. The predicted molar refractivity (Wildman–Crippen MR) is 118 cm³/mol. The molecule has 30 heavy (non-hydrogen) atoms. The molecule has 2 heterocycles. The second-order valence-corrected chi connectivity index (χ2v) is 10.2. The monoisotopic (exact) mass is 437 g/mol. The fourth-order valence-corrected chi connectivity index (χ4v) is 4.84. The third-order valence-electron chi connectivity index (χ3n) is 5.97. The minimum absolute atomic E-state index is 0.00574. The van der Waals surface area contributed by atoms with Crippen molar-refractivity contribution in [2.45, 2.75) is 51.0 Å². The van der Waals surface area contributed by atoms with Gasteiger partial charge >= 0.3 is 0 Å². The molecule has 1 unspecified atom stereocenters. The Balaban J connectivity index is 1.66. The summed E-state index contributed by atoms with van der Waals surface area (Å²) in [5.74, 6) is 0.883. The van der Waals surface area contributed by atoms with Crippen molar-refractivity contribution in [3.05, 3.63) is 29.8 Å². The molecule has 0 radical (unpaired) electrons. The quantitative estimate of drug-likeness (QED) is 0.780. The summed E-state index contributed by atoms with van der Waals surface area (Å²) in [6, 6.07) is 8.91.